The second-order valence-electron chi connectivity index (χ2n) is 9.45. The van der Waals surface area contributed by atoms with Crippen LogP contribution in [0.15, 0.2) is 28.4 Å². The van der Waals surface area contributed by atoms with Crippen LogP contribution in [-0.2, 0) is 6.54 Å². The fourth-order valence-electron chi connectivity index (χ4n) is 3.87. The molecule has 180 valence electrons. The van der Waals surface area contributed by atoms with Gasteiger partial charge in [-0.15, -0.1) is 0 Å². The van der Waals surface area contributed by atoms with Crippen molar-refractivity contribution < 1.29 is 9.26 Å². The first-order valence-corrected chi connectivity index (χ1v) is 11.8. The molecule has 2 aliphatic heterocycles. The van der Waals surface area contributed by atoms with Gasteiger partial charge in [0.1, 0.15) is 18.1 Å². The molecule has 2 unspecified atom stereocenters. The average molecular weight is 457 g/mol. The van der Waals surface area contributed by atoms with Crippen molar-refractivity contribution in [3.8, 4) is 5.88 Å². The fourth-order valence-corrected chi connectivity index (χ4v) is 3.87. The third-order valence-corrected chi connectivity index (χ3v) is 5.80. The first-order valence-electron chi connectivity index (χ1n) is 11.8. The van der Waals surface area contributed by atoms with Crippen molar-refractivity contribution >= 4 is 11.8 Å². The van der Waals surface area contributed by atoms with Crippen LogP contribution >= 0.6 is 0 Å². The number of ether oxygens (including phenoxy) is 1. The van der Waals surface area contributed by atoms with Gasteiger partial charge in [-0.1, -0.05) is 32.9 Å². The monoisotopic (exact) mass is 456 g/mol. The Morgan fingerprint density at radius 1 is 1.21 bits per heavy atom. The van der Waals surface area contributed by atoms with E-state index in [4.69, 9.17) is 9.26 Å². The van der Waals surface area contributed by atoms with Gasteiger partial charge in [-0.3, -0.25) is 0 Å². The number of allylic oxidation sites excluding steroid dienone is 1. The van der Waals surface area contributed by atoms with E-state index in [0.717, 1.165) is 43.1 Å². The number of hydrogen-bond acceptors (Lipinski definition) is 10. The molecule has 2 aromatic heterocycles. The van der Waals surface area contributed by atoms with Crippen molar-refractivity contribution in [1.29, 1.82) is 0 Å². The number of nitrogens with one attached hydrogen (secondary N) is 4. The molecule has 1 fully saturated rings. The summed E-state index contributed by atoms with van der Waals surface area (Å²) in [6.45, 7) is 10.9. The molecule has 4 heterocycles. The first kappa shape index (κ1) is 23.3. The summed E-state index contributed by atoms with van der Waals surface area (Å²) in [7, 11) is 2.12. The van der Waals surface area contributed by atoms with Crippen LogP contribution < -0.4 is 26.2 Å². The number of hydrogen-bond donors (Lipinski definition) is 4. The van der Waals surface area contributed by atoms with Crippen molar-refractivity contribution in [1.82, 2.24) is 30.9 Å². The van der Waals surface area contributed by atoms with Gasteiger partial charge in [-0.2, -0.15) is 9.97 Å². The van der Waals surface area contributed by atoms with Crippen LogP contribution in [0.5, 0.6) is 5.88 Å². The zero-order valence-corrected chi connectivity index (χ0v) is 20.2. The van der Waals surface area contributed by atoms with Crippen molar-refractivity contribution in [2.75, 3.05) is 30.8 Å². The fraction of sp³-hybridized carbons (Fsp3) is 0.609. The molecular formula is C23H36N8O2. The topological polar surface area (TPSA) is 112 Å². The highest BCUT2D eigenvalue weighted by Crippen LogP contribution is 2.23. The summed E-state index contributed by atoms with van der Waals surface area (Å²) in [6, 6.07) is 3.81. The standard InChI is InChI=1S/C23H36N8O2/c1-14(2)18-10-21(29-28-18)25-20-11-22(32-16-7-6-8-31(5)13-16)27-23(26-20)24-12-17-9-19(15(3)4)30-33-17/h9-11,14-16,21,28-29H,6-8,12-13H2,1-5H3,(H2,24,25,26,27). The van der Waals surface area contributed by atoms with Crippen LogP contribution in [0.1, 0.15) is 57.9 Å². The molecule has 0 spiro atoms. The Bertz CT molecular complexity index is 958. The number of likely N-dealkylation sites (N-methyl/N-ethyl adjacent to an activating group) is 1. The SMILES string of the molecule is CC(C)C1=CC(Nc2cc(OC3CCCN(C)C3)nc(NCc3cc(C(C)C)no3)n2)NN1. The summed E-state index contributed by atoms with van der Waals surface area (Å²) in [4.78, 5) is 11.5. The van der Waals surface area contributed by atoms with E-state index in [-0.39, 0.29) is 12.3 Å². The van der Waals surface area contributed by atoms with Gasteiger partial charge in [-0.05, 0) is 44.3 Å². The highest BCUT2D eigenvalue weighted by Gasteiger charge is 2.21. The molecule has 1 saturated heterocycles. The Hall–Kier alpha value is -2.85. The molecule has 0 bridgehead atoms. The van der Waals surface area contributed by atoms with Crippen molar-refractivity contribution in [3.05, 3.63) is 35.4 Å². The number of anilines is 2. The summed E-state index contributed by atoms with van der Waals surface area (Å²) in [5, 5.41) is 10.8. The van der Waals surface area contributed by atoms with E-state index < -0.39 is 0 Å². The van der Waals surface area contributed by atoms with E-state index >= 15 is 0 Å². The maximum absolute atomic E-state index is 6.26. The Labute approximate surface area is 195 Å². The predicted molar refractivity (Wildman–Crippen MR) is 128 cm³/mol. The zero-order valence-electron chi connectivity index (χ0n) is 20.2. The van der Waals surface area contributed by atoms with Gasteiger partial charge in [0.2, 0.25) is 11.8 Å². The highest BCUT2D eigenvalue weighted by molar-refractivity contribution is 5.46. The van der Waals surface area contributed by atoms with E-state index in [2.05, 4.69) is 82.3 Å². The first-order chi connectivity index (χ1) is 15.9. The minimum absolute atomic E-state index is 0.0818. The largest absolute Gasteiger partial charge is 0.473 e. The summed E-state index contributed by atoms with van der Waals surface area (Å²) >= 11 is 0. The number of aromatic nitrogens is 3. The van der Waals surface area contributed by atoms with Crippen molar-refractivity contribution in [2.24, 2.45) is 5.92 Å². The molecule has 10 nitrogen and oxygen atoms in total. The Morgan fingerprint density at radius 3 is 2.76 bits per heavy atom. The van der Waals surface area contributed by atoms with Crippen LogP contribution in [0.2, 0.25) is 0 Å². The Kier molecular flexibility index (Phi) is 7.34. The van der Waals surface area contributed by atoms with Crippen LogP contribution in [-0.4, -0.2) is 52.4 Å². The predicted octanol–water partition coefficient (Wildman–Crippen LogP) is 3.06. The highest BCUT2D eigenvalue weighted by atomic mass is 16.5. The van der Waals surface area contributed by atoms with Crippen LogP contribution in [0.4, 0.5) is 11.8 Å². The second-order valence-corrected chi connectivity index (χ2v) is 9.45. The number of likely N-dealkylation sites (tertiary alicyclic amines) is 1. The number of rotatable bonds is 9. The van der Waals surface area contributed by atoms with Crippen molar-refractivity contribution in [3.63, 3.8) is 0 Å². The summed E-state index contributed by atoms with van der Waals surface area (Å²) < 4.78 is 11.7. The molecular weight excluding hydrogens is 420 g/mol. The maximum Gasteiger partial charge on any atom is 0.228 e. The summed E-state index contributed by atoms with van der Waals surface area (Å²) in [6.07, 6.45) is 4.29. The average Bonchev–Trinajstić information content (AvgIpc) is 3.42. The molecule has 2 atom stereocenters. The van der Waals surface area contributed by atoms with Gasteiger partial charge in [0.15, 0.2) is 5.76 Å². The minimum atomic E-state index is -0.0818. The smallest absolute Gasteiger partial charge is 0.228 e. The van der Waals surface area contributed by atoms with Gasteiger partial charge in [0.25, 0.3) is 0 Å². The van der Waals surface area contributed by atoms with Crippen molar-refractivity contribution in [2.45, 2.75) is 65.3 Å². The summed E-state index contributed by atoms with van der Waals surface area (Å²) in [5.41, 5.74) is 8.52. The molecule has 2 aromatic rings. The van der Waals surface area contributed by atoms with Gasteiger partial charge in [0, 0.05) is 24.4 Å². The van der Waals surface area contributed by atoms with E-state index in [1.807, 2.05) is 12.1 Å². The molecule has 0 aromatic carbocycles. The van der Waals surface area contributed by atoms with E-state index in [1.165, 1.54) is 0 Å². The van der Waals surface area contributed by atoms with E-state index in [0.29, 0.717) is 36.0 Å². The van der Waals surface area contributed by atoms with Crippen LogP contribution in [0, 0.1) is 5.92 Å². The third-order valence-electron chi connectivity index (χ3n) is 5.80. The lowest BCUT2D eigenvalue weighted by atomic mass is 10.1. The second kappa shape index (κ2) is 10.4. The Morgan fingerprint density at radius 2 is 2.06 bits per heavy atom. The van der Waals surface area contributed by atoms with E-state index in [9.17, 15) is 0 Å². The maximum atomic E-state index is 6.26. The van der Waals surface area contributed by atoms with Gasteiger partial charge < -0.3 is 30.2 Å². The molecule has 0 saturated carbocycles. The molecule has 4 rings (SSSR count). The number of piperidine rings is 1. The lowest BCUT2D eigenvalue weighted by Gasteiger charge is -2.29. The number of hydrazine groups is 1. The lowest BCUT2D eigenvalue weighted by molar-refractivity contribution is 0.100. The van der Waals surface area contributed by atoms with Crippen LogP contribution in [0.3, 0.4) is 0 Å². The molecule has 4 N–H and O–H groups in total. The van der Waals surface area contributed by atoms with Gasteiger partial charge in [0.05, 0.1) is 12.2 Å². The molecule has 0 radical (unpaired) electrons. The number of nitrogens with zero attached hydrogens (tertiary/aromatic N) is 4. The normalized spacial score (nSPS) is 21.2. The summed E-state index contributed by atoms with van der Waals surface area (Å²) in [5.74, 6) is 3.16. The zero-order chi connectivity index (χ0) is 23.4. The molecule has 2 aliphatic rings. The quantitative estimate of drug-likeness (QED) is 0.449. The third kappa shape index (κ3) is 6.35. The molecule has 10 heteroatoms. The molecule has 33 heavy (non-hydrogen) atoms. The minimum Gasteiger partial charge on any atom is -0.473 e. The van der Waals surface area contributed by atoms with E-state index in [1.54, 1.807) is 0 Å². The Balaban J connectivity index is 1.49. The van der Waals surface area contributed by atoms with Crippen LogP contribution in [0.25, 0.3) is 0 Å². The molecule has 0 aliphatic carbocycles. The van der Waals surface area contributed by atoms with Gasteiger partial charge >= 0.3 is 0 Å². The molecule has 0 amide bonds. The lowest BCUT2D eigenvalue weighted by Crippen LogP contribution is -2.39. The van der Waals surface area contributed by atoms with Gasteiger partial charge in [-0.25, -0.2) is 5.43 Å².